The number of carbonyl (C=O) groups excluding carboxylic acids is 1. The zero-order valence-corrected chi connectivity index (χ0v) is 12.5. The molecule has 0 spiro atoms. The van der Waals surface area contributed by atoms with Gasteiger partial charge in [-0.3, -0.25) is 4.79 Å². The van der Waals surface area contributed by atoms with Crippen molar-refractivity contribution in [2.24, 2.45) is 17.3 Å². The fraction of sp³-hybridized carbons (Fsp3) is 0.706. The van der Waals surface area contributed by atoms with Crippen LogP contribution in [0.1, 0.15) is 52.9 Å². The molecular weight excluding hydrogens is 236 g/mol. The maximum Gasteiger partial charge on any atom is 0.302 e. The summed E-state index contributed by atoms with van der Waals surface area (Å²) in [4.78, 5) is 11.0. The van der Waals surface area contributed by atoms with Crippen molar-refractivity contribution >= 4 is 5.97 Å². The van der Waals surface area contributed by atoms with Gasteiger partial charge in [-0.15, -0.1) is 0 Å². The molecule has 1 saturated carbocycles. The predicted molar refractivity (Wildman–Crippen MR) is 77.7 cm³/mol. The van der Waals surface area contributed by atoms with Crippen molar-refractivity contribution in [2.45, 2.75) is 52.9 Å². The number of ether oxygens (including phenoxy) is 1. The van der Waals surface area contributed by atoms with Crippen molar-refractivity contribution in [3.05, 3.63) is 23.8 Å². The average Bonchev–Trinajstić information content (AvgIpc) is 2.37. The third-order valence-corrected chi connectivity index (χ3v) is 5.00. The van der Waals surface area contributed by atoms with Gasteiger partial charge in [0.1, 0.15) is 0 Å². The van der Waals surface area contributed by atoms with E-state index in [0.29, 0.717) is 18.4 Å². The minimum atomic E-state index is -0.164. The molecular formula is C17H26O2. The van der Waals surface area contributed by atoms with Crippen LogP contribution < -0.4 is 0 Å². The molecule has 0 amide bonds. The first-order valence-corrected chi connectivity index (χ1v) is 7.39. The highest BCUT2D eigenvalue weighted by molar-refractivity contribution is 5.65. The molecule has 0 heterocycles. The molecule has 2 heteroatoms. The van der Waals surface area contributed by atoms with E-state index < -0.39 is 0 Å². The van der Waals surface area contributed by atoms with E-state index >= 15 is 0 Å². The molecule has 2 rings (SSSR count). The Labute approximate surface area is 116 Å². The van der Waals surface area contributed by atoms with Gasteiger partial charge in [0.25, 0.3) is 0 Å². The Morgan fingerprint density at radius 1 is 1.53 bits per heavy atom. The van der Waals surface area contributed by atoms with E-state index in [1.165, 1.54) is 30.9 Å². The van der Waals surface area contributed by atoms with Crippen molar-refractivity contribution in [3.8, 4) is 0 Å². The molecule has 2 aliphatic rings. The predicted octanol–water partition coefficient (Wildman–Crippen LogP) is 4.27. The maximum absolute atomic E-state index is 11.0. The normalized spacial score (nSPS) is 35.1. The zero-order chi connectivity index (χ0) is 14.0. The van der Waals surface area contributed by atoms with Crippen molar-refractivity contribution in [1.82, 2.24) is 0 Å². The van der Waals surface area contributed by atoms with E-state index in [4.69, 9.17) is 4.74 Å². The van der Waals surface area contributed by atoms with Crippen LogP contribution in [0.4, 0.5) is 0 Å². The van der Waals surface area contributed by atoms with E-state index in [0.717, 1.165) is 19.3 Å². The number of hydrogen-bond donors (Lipinski definition) is 0. The first-order chi connectivity index (χ1) is 8.92. The summed E-state index contributed by atoms with van der Waals surface area (Å²) >= 11 is 0. The minimum absolute atomic E-state index is 0.157. The van der Waals surface area contributed by atoms with Crippen LogP contribution in [0.25, 0.3) is 0 Å². The molecule has 0 aromatic heterocycles. The first-order valence-electron chi connectivity index (χ1n) is 7.39. The number of esters is 1. The third kappa shape index (κ3) is 3.10. The second kappa shape index (κ2) is 5.52. The highest BCUT2D eigenvalue weighted by atomic mass is 16.5. The van der Waals surface area contributed by atoms with Gasteiger partial charge in [-0.2, -0.15) is 0 Å². The third-order valence-electron chi connectivity index (χ3n) is 5.00. The van der Waals surface area contributed by atoms with Gasteiger partial charge < -0.3 is 4.74 Å². The molecule has 106 valence electrons. The zero-order valence-electron chi connectivity index (χ0n) is 12.5. The van der Waals surface area contributed by atoms with Crippen molar-refractivity contribution in [3.63, 3.8) is 0 Å². The molecule has 0 aromatic rings. The summed E-state index contributed by atoms with van der Waals surface area (Å²) in [6.45, 7) is 10.8. The molecule has 3 atom stereocenters. The lowest BCUT2D eigenvalue weighted by Crippen LogP contribution is -2.49. The van der Waals surface area contributed by atoms with Crippen LogP contribution in [0.15, 0.2) is 23.8 Å². The molecule has 3 unspecified atom stereocenters. The van der Waals surface area contributed by atoms with E-state index in [2.05, 4.69) is 26.5 Å². The molecule has 2 aliphatic carbocycles. The highest BCUT2D eigenvalue weighted by Crippen LogP contribution is 2.57. The summed E-state index contributed by atoms with van der Waals surface area (Å²) in [6.07, 6.45) is 8.10. The van der Waals surface area contributed by atoms with E-state index in [-0.39, 0.29) is 11.4 Å². The van der Waals surface area contributed by atoms with Crippen LogP contribution >= 0.6 is 0 Å². The second-order valence-corrected chi connectivity index (χ2v) is 6.64. The Kier molecular flexibility index (Phi) is 4.17. The topological polar surface area (TPSA) is 26.3 Å². The van der Waals surface area contributed by atoms with Gasteiger partial charge in [0.15, 0.2) is 0 Å². The lowest BCUT2D eigenvalue weighted by Gasteiger charge is -2.54. The number of rotatable bonds is 2. The van der Waals surface area contributed by atoms with Crippen molar-refractivity contribution < 1.29 is 9.53 Å². The Balaban J connectivity index is 2.06. The quantitative estimate of drug-likeness (QED) is 0.549. The molecule has 0 aromatic carbocycles. The van der Waals surface area contributed by atoms with Crippen LogP contribution in [0, 0.1) is 17.3 Å². The van der Waals surface area contributed by atoms with Gasteiger partial charge >= 0.3 is 5.97 Å². The number of fused-ring (bicyclic) bond motifs is 1. The molecule has 0 radical (unpaired) electrons. The molecule has 0 aliphatic heterocycles. The summed E-state index contributed by atoms with van der Waals surface area (Å²) < 4.78 is 5.28. The van der Waals surface area contributed by atoms with E-state index in [9.17, 15) is 4.79 Å². The van der Waals surface area contributed by atoms with Gasteiger partial charge in [0.2, 0.25) is 0 Å². The van der Waals surface area contributed by atoms with Gasteiger partial charge in [-0.05, 0) is 50.9 Å². The average molecular weight is 262 g/mol. The summed E-state index contributed by atoms with van der Waals surface area (Å²) in [5.41, 5.74) is 3.05. The SMILES string of the molecule is C=C1CCC=C(C)CCC2C1CC2(C)COC(C)=O. The van der Waals surface area contributed by atoms with Gasteiger partial charge in [-0.1, -0.05) is 30.7 Å². The van der Waals surface area contributed by atoms with Crippen molar-refractivity contribution in [2.75, 3.05) is 6.61 Å². The minimum Gasteiger partial charge on any atom is -0.465 e. The first kappa shape index (κ1) is 14.4. The van der Waals surface area contributed by atoms with E-state index in [1.54, 1.807) is 0 Å². The summed E-state index contributed by atoms with van der Waals surface area (Å²) in [5, 5.41) is 0. The van der Waals surface area contributed by atoms with Crippen LogP contribution in [0.2, 0.25) is 0 Å². The maximum atomic E-state index is 11.0. The Morgan fingerprint density at radius 3 is 2.95 bits per heavy atom. The summed E-state index contributed by atoms with van der Waals surface area (Å²) in [6, 6.07) is 0. The fourth-order valence-electron chi connectivity index (χ4n) is 3.71. The number of allylic oxidation sites excluding steroid dienone is 3. The molecule has 0 N–H and O–H groups in total. The molecule has 2 nitrogen and oxygen atoms in total. The second-order valence-electron chi connectivity index (χ2n) is 6.64. The monoisotopic (exact) mass is 262 g/mol. The standard InChI is InChI=1S/C17H26O2/c1-12-6-5-7-13(2)15-10-17(4,11-19-14(3)18)16(15)9-8-12/h6,15-16H,2,5,7-11H2,1,3-4H3. The van der Waals surface area contributed by atoms with Crippen LogP contribution in [0.5, 0.6) is 0 Å². The Morgan fingerprint density at radius 2 is 2.26 bits per heavy atom. The highest BCUT2D eigenvalue weighted by Gasteiger charge is 2.51. The van der Waals surface area contributed by atoms with Crippen LogP contribution in [0.3, 0.4) is 0 Å². The largest absolute Gasteiger partial charge is 0.465 e. The number of carbonyl (C=O) groups is 1. The van der Waals surface area contributed by atoms with Gasteiger partial charge in [0.05, 0.1) is 6.61 Å². The van der Waals surface area contributed by atoms with Gasteiger partial charge in [-0.25, -0.2) is 0 Å². The van der Waals surface area contributed by atoms with Gasteiger partial charge in [0, 0.05) is 12.3 Å². The smallest absolute Gasteiger partial charge is 0.302 e. The van der Waals surface area contributed by atoms with Crippen molar-refractivity contribution in [1.29, 1.82) is 0 Å². The molecule has 0 saturated heterocycles. The Hall–Kier alpha value is -1.05. The fourth-order valence-corrected chi connectivity index (χ4v) is 3.71. The summed E-state index contributed by atoms with van der Waals surface area (Å²) in [5.74, 6) is 1.10. The van der Waals surface area contributed by atoms with E-state index in [1.807, 2.05) is 0 Å². The molecule has 19 heavy (non-hydrogen) atoms. The molecule has 1 fully saturated rings. The molecule has 0 bridgehead atoms. The van der Waals surface area contributed by atoms with Crippen LogP contribution in [-0.2, 0) is 9.53 Å². The number of hydrogen-bond acceptors (Lipinski definition) is 2. The lowest BCUT2D eigenvalue weighted by atomic mass is 9.51. The Bertz CT molecular complexity index is 407. The lowest BCUT2D eigenvalue weighted by molar-refractivity contribution is -0.152. The summed E-state index contributed by atoms with van der Waals surface area (Å²) in [7, 11) is 0. The van der Waals surface area contributed by atoms with Crippen LogP contribution in [-0.4, -0.2) is 12.6 Å².